The molecule has 2 amide bonds. The van der Waals surface area contributed by atoms with Crippen LogP contribution in [0.4, 0.5) is 4.79 Å². The Morgan fingerprint density at radius 3 is 2.45 bits per heavy atom. The molecule has 4 rings (SSSR count). The monoisotopic (exact) mass is 449 g/mol. The third kappa shape index (κ3) is 6.00. The van der Waals surface area contributed by atoms with E-state index in [0.717, 1.165) is 44.5 Å². The van der Waals surface area contributed by atoms with Crippen molar-refractivity contribution in [3.05, 3.63) is 77.4 Å². The van der Waals surface area contributed by atoms with Gasteiger partial charge in [0.2, 0.25) is 0 Å². The molecule has 1 aliphatic carbocycles. The first kappa shape index (κ1) is 23.0. The van der Waals surface area contributed by atoms with E-state index in [0.29, 0.717) is 5.92 Å². The number of amides is 2. The van der Waals surface area contributed by atoms with Gasteiger partial charge in [-0.3, -0.25) is 14.5 Å². The van der Waals surface area contributed by atoms with Crippen molar-refractivity contribution in [3.63, 3.8) is 0 Å². The van der Waals surface area contributed by atoms with Crippen LogP contribution in [0, 0.1) is 0 Å². The van der Waals surface area contributed by atoms with Crippen LogP contribution in [0.3, 0.4) is 0 Å². The van der Waals surface area contributed by atoms with E-state index in [1.807, 2.05) is 30.3 Å². The summed E-state index contributed by atoms with van der Waals surface area (Å²) in [5.41, 5.74) is 5.63. The van der Waals surface area contributed by atoms with E-state index in [-0.39, 0.29) is 18.0 Å². The first-order chi connectivity index (χ1) is 16.0. The van der Waals surface area contributed by atoms with Crippen molar-refractivity contribution in [2.45, 2.75) is 43.8 Å². The van der Waals surface area contributed by atoms with Crippen molar-refractivity contribution in [1.29, 1.82) is 0 Å². The molecule has 2 N–H and O–H groups in total. The van der Waals surface area contributed by atoms with Gasteiger partial charge in [0, 0.05) is 43.7 Å². The molecular formula is C26H31N3O4. The summed E-state index contributed by atoms with van der Waals surface area (Å²) in [6.07, 6.45) is 5.02. The van der Waals surface area contributed by atoms with Gasteiger partial charge >= 0.3 is 6.09 Å². The van der Waals surface area contributed by atoms with E-state index >= 15 is 0 Å². The van der Waals surface area contributed by atoms with Gasteiger partial charge in [0.05, 0.1) is 7.11 Å². The summed E-state index contributed by atoms with van der Waals surface area (Å²) in [5, 5.41) is 9.91. The summed E-state index contributed by atoms with van der Waals surface area (Å²) in [7, 11) is 1.40. The quantitative estimate of drug-likeness (QED) is 0.472. The smallest absolute Gasteiger partial charge is 0.407 e. The zero-order valence-electron chi connectivity index (χ0n) is 18.9. The maximum absolute atomic E-state index is 12.1. The summed E-state index contributed by atoms with van der Waals surface area (Å²) in [6, 6.07) is 18.5. The number of nitrogens with zero attached hydrogens (tertiary/aromatic N) is 2. The molecule has 1 aliphatic heterocycles. The van der Waals surface area contributed by atoms with Crippen molar-refractivity contribution in [3.8, 4) is 0 Å². The Morgan fingerprint density at radius 1 is 1.12 bits per heavy atom. The van der Waals surface area contributed by atoms with Crippen LogP contribution in [0.2, 0.25) is 0 Å². The summed E-state index contributed by atoms with van der Waals surface area (Å²) < 4.78 is 0. The van der Waals surface area contributed by atoms with Gasteiger partial charge in [-0.1, -0.05) is 54.6 Å². The Hall–Kier alpha value is -3.16. The lowest BCUT2D eigenvalue weighted by Crippen LogP contribution is -2.48. The van der Waals surface area contributed by atoms with Gasteiger partial charge < -0.3 is 10.0 Å². The fourth-order valence-corrected chi connectivity index (χ4v) is 4.77. The zero-order valence-corrected chi connectivity index (χ0v) is 18.9. The molecule has 1 heterocycles. The number of nitrogens with one attached hydrogen (secondary N) is 1. The van der Waals surface area contributed by atoms with E-state index in [1.165, 1.54) is 24.3 Å². The second kappa shape index (κ2) is 10.6. The van der Waals surface area contributed by atoms with Crippen molar-refractivity contribution in [2.75, 3.05) is 20.2 Å². The molecule has 0 unspecified atom stereocenters. The van der Waals surface area contributed by atoms with Crippen molar-refractivity contribution >= 4 is 18.1 Å². The SMILES string of the molecule is CONC(=O)C=Cc1ccc(CN2CCC(N(C(=O)O)[C@@H]3C[C@H]3c3ccccc3)CC2)cc1. The van der Waals surface area contributed by atoms with Crippen LogP contribution in [-0.4, -0.2) is 59.2 Å². The normalized spacial score (nSPS) is 21.1. The number of hydroxylamine groups is 1. The largest absolute Gasteiger partial charge is 0.465 e. The molecule has 0 bridgehead atoms. The molecule has 1 saturated carbocycles. The highest BCUT2D eigenvalue weighted by molar-refractivity contribution is 5.90. The molecule has 33 heavy (non-hydrogen) atoms. The lowest BCUT2D eigenvalue weighted by atomic mass is 10.0. The fraction of sp³-hybridized carbons (Fsp3) is 0.385. The first-order valence-electron chi connectivity index (χ1n) is 11.4. The van der Waals surface area contributed by atoms with E-state index < -0.39 is 6.09 Å². The third-order valence-electron chi connectivity index (χ3n) is 6.53. The molecular weight excluding hydrogens is 418 g/mol. The highest BCUT2D eigenvalue weighted by Gasteiger charge is 2.47. The molecule has 174 valence electrons. The van der Waals surface area contributed by atoms with Gasteiger partial charge in [0.15, 0.2) is 0 Å². The summed E-state index contributed by atoms with van der Waals surface area (Å²) in [4.78, 5) is 32.2. The molecule has 7 heteroatoms. The number of hydrogen-bond donors (Lipinski definition) is 2. The van der Waals surface area contributed by atoms with Crippen molar-refractivity contribution in [1.82, 2.24) is 15.3 Å². The number of carboxylic acid groups (broad SMARTS) is 1. The predicted octanol–water partition coefficient (Wildman–Crippen LogP) is 3.88. The number of carbonyl (C=O) groups is 2. The lowest BCUT2D eigenvalue weighted by molar-refractivity contribution is -0.126. The topological polar surface area (TPSA) is 82.1 Å². The maximum Gasteiger partial charge on any atom is 0.407 e. The number of rotatable bonds is 8. The van der Waals surface area contributed by atoms with Gasteiger partial charge in [0.1, 0.15) is 0 Å². The molecule has 2 aromatic carbocycles. The number of benzene rings is 2. The minimum atomic E-state index is -0.792. The number of piperidine rings is 1. The van der Waals surface area contributed by atoms with Gasteiger partial charge in [-0.2, -0.15) is 0 Å². The Kier molecular flexibility index (Phi) is 7.42. The highest BCUT2D eigenvalue weighted by Crippen LogP contribution is 2.46. The fourth-order valence-electron chi connectivity index (χ4n) is 4.77. The second-order valence-corrected chi connectivity index (χ2v) is 8.76. The minimum absolute atomic E-state index is 0.0863. The minimum Gasteiger partial charge on any atom is -0.465 e. The Balaban J connectivity index is 1.28. The lowest BCUT2D eigenvalue weighted by Gasteiger charge is -2.37. The standard InChI is InChI=1S/C26H31N3O4/c1-33-27-25(30)12-11-19-7-9-20(10-8-19)18-28-15-13-22(14-16-28)29(26(31)32)24-17-23(24)21-5-3-2-4-6-21/h2-12,22-24H,13-18H2,1H3,(H,27,30)(H,31,32)/t23-,24+/m0/s1. The summed E-state index contributed by atoms with van der Waals surface area (Å²) in [6.45, 7) is 2.61. The highest BCUT2D eigenvalue weighted by atomic mass is 16.6. The number of likely N-dealkylation sites (tertiary alicyclic amines) is 1. The molecule has 2 aliphatic rings. The van der Waals surface area contributed by atoms with Gasteiger partial charge in [-0.05, 0) is 42.0 Å². The molecule has 2 fully saturated rings. The van der Waals surface area contributed by atoms with E-state index in [9.17, 15) is 14.7 Å². The number of hydrogen-bond acceptors (Lipinski definition) is 4. The van der Waals surface area contributed by atoms with Gasteiger partial charge in [-0.15, -0.1) is 0 Å². The summed E-state index contributed by atoms with van der Waals surface area (Å²) in [5.74, 6) is 0.0228. The average molecular weight is 450 g/mol. The molecule has 2 atom stereocenters. The predicted molar refractivity (Wildman–Crippen MR) is 126 cm³/mol. The van der Waals surface area contributed by atoms with E-state index in [4.69, 9.17) is 0 Å². The van der Waals surface area contributed by atoms with E-state index in [2.05, 4.69) is 39.5 Å². The summed E-state index contributed by atoms with van der Waals surface area (Å²) >= 11 is 0. The third-order valence-corrected chi connectivity index (χ3v) is 6.53. The van der Waals surface area contributed by atoms with E-state index in [1.54, 1.807) is 11.0 Å². The van der Waals surface area contributed by atoms with Crippen molar-refractivity contribution < 1.29 is 19.5 Å². The average Bonchev–Trinajstić information content (AvgIpc) is 3.61. The molecule has 7 nitrogen and oxygen atoms in total. The molecule has 0 radical (unpaired) electrons. The van der Waals surface area contributed by atoms with Crippen molar-refractivity contribution in [2.24, 2.45) is 0 Å². The first-order valence-corrected chi connectivity index (χ1v) is 11.4. The Morgan fingerprint density at radius 2 is 1.82 bits per heavy atom. The van der Waals surface area contributed by atoms with Crippen LogP contribution < -0.4 is 5.48 Å². The zero-order chi connectivity index (χ0) is 23.2. The Bertz CT molecular complexity index is 969. The number of carbonyl (C=O) groups excluding carboxylic acids is 1. The maximum atomic E-state index is 12.1. The molecule has 2 aromatic rings. The molecule has 1 saturated heterocycles. The van der Waals surface area contributed by atoms with Crippen LogP contribution >= 0.6 is 0 Å². The van der Waals surface area contributed by atoms with Crippen LogP contribution in [0.5, 0.6) is 0 Å². The second-order valence-electron chi connectivity index (χ2n) is 8.76. The van der Waals surface area contributed by atoms with Crippen LogP contribution in [-0.2, 0) is 16.2 Å². The van der Waals surface area contributed by atoms with Crippen LogP contribution in [0.15, 0.2) is 60.7 Å². The van der Waals surface area contributed by atoms with Gasteiger partial charge in [-0.25, -0.2) is 10.3 Å². The molecule has 0 aromatic heterocycles. The van der Waals surface area contributed by atoms with Crippen LogP contribution in [0.1, 0.15) is 41.9 Å². The van der Waals surface area contributed by atoms with Gasteiger partial charge in [0.25, 0.3) is 5.91 Å². The molecule has 0 spiro atoms. The Labute approximate surface area is 194 Å². The van der Waals surface area contributed by atoms with Crippen LogP contribution in [0.25, 0.3) is 6.08 Å².